The number of rotatable bonds is 5. The van der Waals surface area contributed by atoms with Gasteiger partial charge in [0, 0.05) is 10.7 Å². The van der Waals surface area contributed by atoms with Crippen LogP contribution in [0.25, 0.3) is 16.8 Å². The summed E-state index contributed by atoms with van der Waals surface area (Å²) < 4.78 is 0. The lowest BCUT2D eigenvalue weighted by atomic mass is 9.93. The summed E-state index contributed by atoms with van der Waals surface area (Å²) in [5.41, 5.74) is 5.64. The number of nitrogens with one attached hydrogen (secondary N) is 1. The Hall–Kier alpha value is -3.87. The van der Waals surface area contributed by atoms with Crippen molar-refractivity contribution < 1.29 is 4.79 Å². The summed E-state index contributed by atoms with van der Waals surface area (Å²) >= 11 is 6.41. The molecule has 0 aliphatic rings. The van der Waals surface area contributed by atoms with Crippen LogP contribution in [0.3, 0.4) is 0 Å². The van der Waals surface area contributed by atoms with Gasteiger partial charge in [0.1, 0.15) is 11.6 Å². The molecule has 0 aliphatic carbocycles. The zero-order valence-corrected chi connectivity index (χ0v) is 19.3. The van der Waals surface area contributed by atoms with Gasteiger partial charge in [-0.15, -0.1) is 0 Å². The van der Waals surface area contributed by atoms with E-state index < -0.39 is 5.91 Å². The van der Waals surface area contributed by atoms with Crippen molar-refractivity contribution >= 4 is 40.0 Å². The van der Waals surface area contributed by atoms with E-state index in [1.807, 2.05) is 86.6 Å². The van der Waals surface area contributed by atoms with E-state index in [9.17, 15) is 10.1 Å². The number of nitrogens with zero attached hydrogens (tertiary/aromatic N) is 1. The molecule has 1 amide bonds. The van der Waals surface area contributed by atoms with Gasteiger partial charge in [0.15, 0.2) is 0 Å². The molecule has 0 heterocycles. The SMILES string of the molecule is Cc1cccc(NC(=O)/C(C#N)=C/c2c(Cc3ccccc3Cl)ccc3ccccc23)c1C. The minimum atomic E-state index is -0.428. The normalized spacial score (nSPS) is 11.3. The van der Waals surface area contributed by atoms with Crippen molar-refractivity contribution in [2.24, 2.45) is 0 Å². The highest BCUT2D eigenvalue weighted by Crippen LogP contribution is 2.29. The number of amides is 1. The van der Waals surface area contributed by atoms with Crippen LogP contribution in [0, 0.1) is 25.2 Å². The molecule has 0 aliphatic heterocycles. The third-order valence-electron chi connectivity index (χ3n) is 5.91. The number of aryl methyl sites for hydroxylation is 1. The van der Waals surface area contributed by atoms with Gasteiger partial charge in [-0.25, -0.2) is 0 Å². The van der Waals surface area contributed by atoms with Crippen LogP contribution in [0.1, 0.15) is 27.8 Å². The fourth-order valence-corrected chi connectivity index (χ4v) is 4.08. The number of hydrogen-bond donors (Lipinski definition) is 1. The summed E-state index contributed by atoms with van der Waals surface area (Å²) in [5.74, 6) is -0.428. The quantitative estimate of drug-likeness (QED) is 0.257. The van der Waals surface area contributed by atoms with Crippen molar-refractivity contribution in [3.63, 3.8) is 0 Å². The molecule has 162 valence electrons. The molecule has 0 unspecified atom stereocenters. The maximum absolute atomic E-state index is 13.0. The Morgan fingerprint density at radius 3 is 2.48 bits per heavy atom. The van der Waals surface area contributed by atoms with Crippen LogP contribution < -0.4 is 5.32 Å². The highest BCUT2D eigenvalue weighted by atomic mass is 35.5. The van der Waals surface area contributed by atoms with Gasteiger partial charge in [-0.3, -0.25) is 4.79 Å². The van der Waals surface area contributed by atoms with Crippen LogP contribution in [-0.4, -0.2) is 5.91 Å². The summed E-state index contributed by atoms with van der Waals surface area (Å²) in [5, 5.41) is 15.5. The van der Waals surface area contributed by atoms with Crippen LogP contribution >= 0.6 is 11.6 Å². The smallest absolute Gasteiger partial charge is 0.266 e. The Kier molecular flexibility index (Phi) is 6.58. The molecule has 4 rings (SSSR count). The third kappa shape index (κ3) is 4.82. The zero-order chi connectivity index (χ0) is 23.4. The van der Waals surface area contributed by atoms with Crippen molar-refractivity contribution in [2.75, 3.05) is 5.32 Å². The van der Waals surface area contributed by atoms with Crippen molar-refractivity contribution in [2.45, 2.75) is 20.3 Å². The minimum absolute atomic E-state index is 0.0488. The molecule has 0 radical (unpaired) electrons. The number of halogens is 1. The topological polar surface area (TPSA) is 52.9 Å². The molecule has 1 N–H and O–H groups in total. The fourth-order valence-electron chi connectivity index (χ4n) is 3.88. The molecule has 33 heavy (non-hydrogen) atoms. The lowest BCUT2D eigenvalue weighted by Gasteiger charge is -2.13. The van der Waals surface area contributed by atoms with Gasteiger partial charge in [-0.1, -0.05) is 78.3 Å². The summed E-state index contributed by atoms with van der Waals surface area (Å²) in [6, 6.07) is 27.6. The van der Waals surface area contributed by atoms with E-state index in [0.29, 0.717) is 17.1 Å². The van der Waals surface area contributed by atoms with Gasteiger partial charge in [0.25, 0.3) is 5.91 Å². The number of nitriles is 1. The molecule has 4 heteroatoms. The van der Waals surface area contributed by atoms with Gasteiger partial charge in [-0.05, 0) is 77.1 Å². The fraction of sp³-hybridized carbons (Fsp3) is 0.103. The largest absolute Gasteiger partial charge is 0.321 e. The van der Waals surface area contributed by atoms with E-state index >= 15 is 0 Å². The van der Waals surface area contributed by atoms with E-state index in [1.54, 1.807) is 6.08 Å². The maximum Gasteiger partial charge on any atom is 0.266 e. The Balaban J connectivity index is 1.79. The second-order valence-corrected chi connectivity index (χ2v) is 8.41. The number of benzene rings is 4. The van der Waals surface area contributed by atoms with Gasteiger partial charge in [-0.2, -0.15) is 5.26 Å². The van der Waals surface area contributed by atoms with Gasteiger partial charge >= 0.3 is 0 Å². The molecule has 3 nitrogen and oxygen atoms in total. The molecule has 0 spiro atoms. The first-order chi connectivity index (χ1) is 16.0. The van der Waals surface area contributed by atoms with Crippen molar-refractivity contribution in [3.8, 4) is 6.07 Å². The second kappa shape index (κ2) is 9.73. The minimum Gasteiger partial charge on any atom is -0.321 e. The van der Waals surface area contributed by atoms with Gasteiger partial charge in [0.05, 0.1) is 0 Å². The predicted octanol–water partition coefficient (Wildman–Crippen LogP) is 7.25. The highest BCUT2D eigenvalue weighted by molar-refractivity contribution is 6.31. The van der Waals surface area contributed by atoms with E-state index in [4.69, 9.17) is 11.6 Å². The lowest BCUT2D eigenvalue weighted by Crippen LogP contribution is -2.14. The Labute approximate surface area is 198 Å². The van der Waals surface area contributed by atoms with E-state index in [-0.39, 0.29) is 5.57 Å². The van der Waals surface area contributed by atoms with Crippen LogP contribution in [0.2, 0.25) is 5.02 Å². The second-order valence-electron chi connectivity index (χ2n) is 8.00. The van der Waals surface area contributed by atoms with Crippen molar-refractivity contribution in [3.05, 3.63) is 117 Å². The van der Waals surface area contributed by atoms with Crippen molar-refractivity contribution in [1.82, 2.24) is 0 Å². The average Bonchev–Trinajstić information content (AvgIpc) is 2.82. The Morgan fingerprint density at radius 2 is 1.70 bits per heavy atom. The molecule has 0 bridgehead atoms. The first-order valence-corrected chi connectivity index (χ1v) is 11.1. The summed E-state index contributed by atoms with van der Waals surface area (Å²) in [7, 11) is 0. The Bertz CT molecular complexity index is 1430. The molecule has 0 saturated carbocycles. The number of carbonyl (C=O) groups is 1. The molecular formula is C29H23ClN2O. The molecule has 4 aromatic carbocycles. The van der Waals surface area contributed by atoms with Gasteiger partial charge in [0.2, 0.25) is 0 Å². The molecule has 0 atom stereocenters. The summed E-state index contributed by atoms with van der Waals surface area (Å²) in [6.07, 6.45) is 2.28. The number of fused-ring (bicyclic) bond motifs is 1. The first kappa shape index (κ1) is 22.3. The van der Waals surface area contributed by atoms with E-state index in [1.165, 1.54) is 0 Å². The van der Waals surface area contributed by atoms with Crippen LogP contribution in [-0.2, 0) is 11.2 Å². The molecule has 0 aromatic heterocycles. The zero-order valence-electron chi connectivity index (χ0n) is 18.5. The number of hydrogen-bond acceptors (Lipinski definition) is 2. The van der Waals surface area contributed by atoms with Crippen LogP contribution in [0.4, 0.5) is 5.69 Å². The number of anilines is 1. The van der Waals surface area contributed by atoms with E-state index in [0.717, 1.165) is 38.6 Å². The van der Waals surface area contributed by atoms with Crippen LogP contribution in [0.15, 0.2) is 84.4 Å². The van der Waals surface area contributed by atoms with Crippen molar-refractivity contribution in [1.29, 1.82) is 5.26 Å². The third-order valence-corrected chi connectivity index (χ3v) is 6.28. The van der Waals surface area contributed by atoms with E-state index in [2.05, 4.69) is 17.5 Å². The van der Waals surface area contributed by atoms with Gasteiger partial charge < -0.3 is 5.32 Å². The standard InChI is InChI=1S/C29H23ClN2O/c1-19-8-7-13-28(20(19)2)32-29(33)24(18-31)17-26-22(16-23-10-4-6-12-27(23)30)15-14-21-9-3-5-11-25(21)26/h3-15,17H,16H2,1-2H3,(H,32,33)/b24-17+. The number of carbonyl (C=O) groups excluding carboxylic acids is 1. The Morgan fingerprint density at radius 1 is 0.939 bits per heavy atom. The maximum atomic E-state index is 13.0. The summed E-state index contributed by atoms with van der Waals surface area (Å²) in [6.45, 7) is 3.94. The highest BCUT2D eigenvalue weighted by Gasteiger charge is 2.15. The molecular weight excluding hydrogens is 428 g/mol. The summed E-state index contributed by atoms with van der Waals surface area (Å²) in [4.78, 5) is 13.0. The molecule has 0 saturated heterocycles. The molecule has 4 aromatic rings. The lowest BCUT2D eigenvalue weighted by molar-refractivity contribution is -0.112. The van der Waals surface area contributed by atoms with Crippen LogP contribution in [0.5, 0.6) is 0 Å². The first-order valence-electron chi connectivity index (χ1n) is 10.7. The average molecular weight is 451 g/mol. The molecule has 0 fully saturated rings. The monoisotopic (exact) mass is 450 g/mol. The predicted molar refractivity (Wildman–Crippen MR) is 136 cm³/mol.